The minimum absolute atomic E-state index is 0.0163. The van der Waals surface area contributed by atoms with Gasteiger partial charge in [0.2, 0.25) is 0 Å². The summed E-state index contributed by atoms with van der Waals surface area (Å²) in [5.41, 5.74) is -0.102. The van der Waals surface area contributed by atoms with Gasteiger partial charge in [0.15, 0.2) is 6.10 Å². The number of ether oxygens (including phenoxy) is 1. The van der Waals surface area contributed by atoms with E-state index in [0.29, 0.717) is 60.8 Å². The standard InChI is InChI=1S/C25H26ClF3N4O4/c26-14-1-7-20-18(11-14)19(34)12-21(37-20)23(35)31-15-2-4-16(5-3-15)32-9-10-33(24(32)36)17-6-8-22(30-13-17)25(27,28)29/h1,6-8,11,13,15-16,19,21,34H,2-5,9-10,12H2,(H,31,35)/t15-,16-,19-,21+/m1/s1. The number of aliphatic hydroxyl groups excluding tert-OH is 1. The molecule has 5 rings (SSSR count). The van der Waals surface area contributed by atoms with E-state index in [-0.39, 0.29) is 30.4 Å². The molecule has 2 atom stereocenters. The first-order valence-corrected chi connectivity index (χ1v) is 12.5. The molecule has 1 aromatic heterocycles. The van der Waals surface area contributed by atoms with E-state index in [1.807, 2.05) is 0 Å². The number of alkyl halides is 3. The van der Waals surface area contributed by atoms with Gasteiger partial charge in [-0.3, -0.25) is 9.69 Å². The van der Waals surface area contributed by atoms with Crippen LogP contribution in [0.1, 0.15) is 49.5 Å². The fourth-order valence-corrected chi connectivity index (χ4v) is 5.43. The Kier molecular flexibility index (Phi) is 6.93. The summed E-state index contributed by atoms with van der Waals surface area (Å²) in [4.78, 5) is 32.5. The molecule has 2 N–H and O–H groups in total. The number of carbonyl (C=O) groups excluding carboxylic acids is 2. The molecule has 3 amide bonds. The number of aliphatic hydroxyl groups is 1. The molecule has 1 aliphatic carbocycles. The highest BCUT2D eigenvalue weighted by molar-refractivity contribution is 6.30. The first-order valence-electron chi connectivity index (χ1n) is 12.2. The maximum atomic E-state index is 13.0. The second-order valence-corrected chi connectivity index (χ2v) is 10.0. The van der Waals surface area contributed by atoms with E-state index in [1.54, 1.807) is 23.1 Å². The number of hydrogen-bond acceptors (Lipinski definition) is 5. The fraction of sp³-hybridized carbons (Fsp3) is 0.480. The second kappa shape index (κ2) is 10.0. The van der Waals surface area contributed by atoms with Crippen LogP contribution in [0.15, 0.2) is 36.5 Å². The number of benzene rings is 1. The van der Waals surface area contributed by atoms with Gasteiger partial charge in [0.05, 0.1) is 18.0 Å². The molecule has 2 aliphatic heterocycles. The van der Waals surface area contributed by atoms with Crippen molar-refractivity contribution in [2.45, 2.75) is 62.6 Å². The maximum Gasteiger partial charge on any atom is 0.433 e. The van der Waals surface area contributed by atoms with Crippen LogP contribution in [0.4, 0.5) is 23.7 Å². The number of hydrogen-bond donors (Lipinski definition) is 2. The normalized spacial score (nSPS) is 26.0. The third-order valence-corrected chi connectivity index (χ3v) is 7.44. The molecular weight excluding hydrogens is 513 g/mol. The van der Waals surface area contributed by atoms with Crippen LogP contribution in [0.5, 0.6) is 5.75 Å². The van der Waals surface area contributed by atoms with Crippen molar-refractivity contribution in [2.24, 2.45) is 0 Å². The summed E-state index contributed by atoms with van der Waals surface area (Å²) in [5, 5.41) is 13.9. The first-order chi connectivity index (χ1) is 17.6. The quantitative estimate of drug-likeness (QED) is 0.605. The zero-order valence-corrected chi connectivity index (χ0v) is 20.5. The third kappa shape index (κ3) is 5.33. The van der Waals surface area contributed by atoms with Crippen molar-refractivity contribution in [1.29, 1.82) is 0 Å². The largest absolute Gasteiger partial charge is 0.480 e. The van der Waals surface area contributed by atoms with E-state index in [9.17, 15) is 27.9 Å². The number of carbonyl (C=O) groups is 2. The van der Waals surface area contributed by atoms with Crippen LogP contribution in [0.2, 0.25) is 5.02 Å². The number of urea groups is 1. The van der Waals surface area contributed by atoms with Crippen molar-refractivity contribution in [1.82, 2.24) is 15.2 Å². The van der Waals surface area contributed by atoms with Gasteiger partial charge in [-0.25, -0.2) is 9.78 Å². The van der Waals surface area contributed by atoms with E-state index in [0.717, 1.165) is 12.3 Å². The summed E-state index contributed by atoms with van der Waals surface area (Å²) in [6.45, 7) is 0.843. The third-order valence-electron chi connectivity index (χ3n) is 7.20. The number of nitrogens with zero attached hydrogens (tertiary/aromatic N) is 3. The number of pyridine rings is 1. The zero-order valence-electron chi connectivity index (χ0n) is 19.7. The van der Waals surface area contributed by atoms with Crippen LogP contribution >= 0.6 is 11.6 Å². The molecule has 8 nitrogen and oxygen atoms in total. The van der Waals surface area contributed by atoms with Crippen molar-refractivity contribution in [3.63, 3.8) is 0 Å². The highest BCUT2D eigenvalue weighted by Gasteiger charge is 2.39. The number of fused-ring (bicyclic) bond motifs is 1. The topological polar surface area (TPSA) is 95.0 Å². The van der Waals surface area contributed by atoms with Gasteiger partial charge in [-0.05, 0) is 56.0 Å². The summed E-state index contributed by atoms with van der Waals surface area (Å²) >= 11 is 5.98. The van der Waals surface area contributed by atoms with Crippen molar-refractivity contribution in [3.8, 4) is 5.75 Å². The molecule has 198 valence electrons. The molecular formula is C25H26ClF3N4O4. The number of nitrogens with one attached hydrogen (secondary N) is 1. The van der Waals surface area contributed by atoms with E-state index < -0.39 is 24.1 Å². The Hall–Kier alpha value is -3.05. The first kappa shape index (κ1) is 25.6. The van der Waals surface area contributed by atoms with Crippen LogP contribution in [-0.4, -0.2) is 58.2 Å². The van der Waals surface area contributed by atoms with Crippen molar-refractivity contribution in [3.05, 3.63) is 52.8 Å². The van der Waals surface area contributed by atoms with Gasteiger partial charge < -0.3 is 20.1 Å². The van der Waals surface area contributed by atoms with Crippen molar-refractivity contribution in [2.75, 3.05) is 18.0 Å². The van der Waals surface area contributed by atoms with Gasteiger partial charge >= 0.3 is 12.2 Å². The lowest BCUT2D eigenvalue weighted by Gasteiger charge is -2.35. The molecule has 3 aliphatic rings. The second-order valence-electron chi connectivity index (χ2n) is 9.58. The molecule has 37 heavy (non-hydrogen) atoms. The van der Waals surface area contributed by atoms with E-state index in [1.165, 1.54) is 11.0 Å². The Morgan fingerprint density at radius 3 is 2.57 bits per heavy atom. The molecule has 0 spiro atoms. The van der Waals surface area contributed by atoms with Crippen LogP contribution in [0.25, 0.3) is 0 Å². The Labute approximate surface area is 216 Å². The van der Waals surface area contributed by atoms with Crippen LogP contribution in [0.3, 0.4) is 0 Å². The van der Waals surface area contributed by atoms with Crippen molar-refractivity contribution < 1.29 is 32.6 Å². The molecule has 0 unspecified atom stereocenters. The Bertz CT molecular complexity index is 1170. The summed E-state index contributed by atoms with van der Waals surface area (Å²) in [6, 6.07) is 6.71. The summed E-state index contributed by atoms with van der Waals surface area (Å²) in [6.07, 6.45) is -2.27. The summed E-state index contributed by atoms with van der Waals surface area (Å²) < 4.78 is 44.2. The SMILES string of the molecule is O=C(N[C@H]1CC[C@H](N2CCN(c3ccc(C(F)(F)F)nc3)C2=O)CC1)[C@@H]1C[C@@H](O)c2cc(Cl)ccc2O1. The lowest BCUT2D eigenvalue weighted by Crippen LogP contribution is -2.49. The number of halogens is 4. The molecule has 1 saturated heterocycles. The number of anilines is 1. The van der Waals surface area contributed by atoms with E-state index >= 15 is 0 Å². The van der Waals surface area contributed by atoms with Crippen LogP contribution in [0, 0.1) is 0 Å². The lowest BCUT2D eigenvalue weighted by atomic mass is 9.90. The van der Waals surface area contributed by atoms with Gasteiger partial charge in [-0.15, -0.1) is 0 Å². The average Bonchev–Trinajstić information content (AvgIpc) is 3.25. The molecule has 1 saturated carbocycles. The molecule has 12 heteroatoms. The molecule has 2 fully saturated rings. The van der Waals surface area contributed by atoms with Crippen LogP contribution in [-0.2, 0) is 11.0 Å². The number of aromatic nitrogens is 1. The monoisotopic (exact) mass is 538 g/mol. The van der Waals surface area contributed by atoms with Gasteiger partial charge in [-0.2, -0.15) is 13.2 Å². The van der Waals surface area contributed by atoms with Gasteiger partial charge in [0.25, 0.3) is 5.91 Å². The molecule has 0 radical (unpaired) electrons. The van der Waals surface area contributed by atoms with Gasteiger partial charge in [-0.1, -0.05) is 11.6 Å². The van der Waals surface area contributed by atoms with Crippen LogP contribution < -0.4 is 15.0 Å². The average molecular weight is 539 g/mol. The summed E-state index contributed by atoms with van der Waals surface area (Å²) in [7, 11) is 0. The minimum Gasteiger partial charge on any atom is -0.480 e. The Balaban J connectivity index is 1.13. The number of rotatable bonds is 4. The van der Waals surface area contributed by atoms with E-state index in [2.05, 4.69) is 10.3 Å². The molecule has 2 aromatic rings. The van der Waals surface area contributed by atoms with Gasteiger partial charge in [0, 0.05) is 42.2 Å². The predicted molar refractivity (Wildman–Crippen MR) is 128 cm³/mol. The fourth-order valence-electron chi connectivity index (χ4n) is 5.25. The molecule has 0 bridgehead atoms. The highest BCUT2D eigenvalue weighted by Crippen LogP contribution is 2.37. The van der Waals surface area contributed by atoms with E-state index in [4.69, 9.17) is 16.3 Å². The van der Waals surface area contributed by atoms with Crippen molar-refractivity contribution >= 4 is 29.2 Å². The Morgan fingerprint density at radius 2 is 1.89 bits per heavy atom. The predicted octanol–water partition coefficient (Wildman–Crippen LogP) is 4.31. The minimum atomic E-state index is -4.53. The zero-order chi connectivity index (χ0) is 26.3. The Morgan fingerprint density at radius 1 is 1.14 bits per heavy atom. The smallest absolute Gasteiger partial charge is 0.433 e. The summed E-state index contributed by atoms with van der Waals surface area (Å²) in [5.74, 6) is 0.147. The van der Waals surface area contributed by atoms with Gasteiger partial charge in [0.1, 0.15) is 11.4 Å². The highest BCUT2D eigenvalue weighted by atomic mass is 35.5. The number of amides is 3. The maximum absolute atomic E-state index is 13.0. The lowest BCUT2D eigenvalue weighted by molar-refractivity contribution is -0.141. The molecule has 3 heterocycles. The molecule has 1 aromatic carbocycles.